The van der Waals surface area contributed by atoms with Gasteiger partial charge in [0.1, 0.15) is 5.75 Å². The van der Waals surface area contributed by atoms with Gasteiger partial charge in [-0.1, -0.05) is 12.1 Å². The van der Waals surface area contributed by atoms with Crippen LogP contribution >= 0.6 is 0 Å². The first kappa shape index (κ1) is 20.1. The molecule has 4 saturated carbocycles. The number of carbonyl (C=O) groups excluding carboxylic acids is 2. The Bertz CT molecular complexity index is 748. The molecule has 5 nitrogen and oxygen atoms in total. The fourth-order valence-corrected chi connectivity index (χ4v) is 6.26. The normalized spacial score (nSPS) is 30.8. The number of carbonyl (C=O) groups is 2. The van der Waals surface area contributed by atoms with Crippen molar-refractivity contribution in [1.29, 1.82) is 0 Å². The van der Waals surface area contributed by atoms with Crippen molar-refractivity contribution >= 4 is 11.8 Å². The van der Waals surface area contributed by atoms with Crippen molar-refractivity contribution in [3.8, 4) is 5.75 Å². The second-order valence-corrected chi connectivity index (χ2v) is 9.13. The Labute approximate surface area is 169 Å². The van der Waals surface area contributed by atoms with Crippen molar-refractivity contribution in [2.45, 2.75) is 58.1 Å². The number of para-hydroxylation sites is 1. The Morgan fingerprint density at radius 1 is 1.10 bits per heavy atom. The smallest absolute Gasteiger partial charge is 0.387 e. The minimum Gasteiger partial charge on any atom is -0.434 e. The van der Waals surface area contributed by atoms with Gasteiger partial charge in [-0.05, 0) is 80.8 Å². The summed E-state index contributed by atoms with van der Waals surface area (Å²) in [5.41, 5.74) is 0.168. The van der Waals surface area contributed by atoms with E-state index in [1.165, 1.54) is 56.7 Å². The standard InChI is InChI=1S/C22H28F2N2O3/c1-13(22-9-14-6-15(10-22)8-16(7-14)11-22)26-19(27)12-25-20(28)17-4-2-3-5-18(17)29-21(23)24/h2-5,13-16,21H,6-12H2,1H3,(H,25,28)(H,26,27)/t13-,14?,15?,16?,22?/m0/s1. The van der Waals surface area contributed by atoms with Gasteiger partial charge in [0.15, 0.2) is 0 Å². The van der Waals surface area contributed by atoms with Crippen molar-refractivity contribution in [2.75, 3.05) is 6.54 Å². The molecular weight excluding hydrogens is 378 g/mol. The minimum atomic E-state index is -3.02. The van der Waals surface area contributed by atoms with Crippen molar-refractivity contribution in [3.63, 3.8) is 0 Å². The number of amides is 2. The zero-order chi connectivity index (χ0) is 20.6. The first-order valence-corrected chi connectivity index (χ1v) is 10.5. The largest absolute Gasteiger partial charge is 0.434 e. The lowest BCUT2D eigenvalue weighted by Crippen LogP contribution is -2.56. The minimum absolute atomic E-state index is 0.0188. The molecule has 158 valence electrons. The van der Waals surface area contributed by atoms with Gasteiger partial charge in [-0.15, -0.1) is 0 Å². The first-order valence-electron chi connectivity index (χ1n) is 10.5. The van der Waals surface area contributed by atoms with Gasteiger partial charge in [-0.25, -0.2) is 0 Å². The average molecular weight is 406 g/mol. The molecule has 0 spiro atoms. The second-order valence-electron chi connectivity index (χ2n) is 9.13. The van der Waals surface area contributed by atoms with E-state index in [0.29, 0.717) is 0 Å². The molecule has 1 aromatic carbocycles. The van der Waals surface area contributed by atoms with Crippen molar-refractivity contribution in [1.82, 2.24) is 10.6 Å². The summed E-state index contributed by atoms with van der Waals surface area (Å²) in [4.78, 5) is 24.8. The van der Waals surface area contributed by atoms with E-state index in [1.54, 1.807) is 6.07 Å². The van der Waals surface area contributed by atoms with Crippen LogP contribution in [0.4, 0.5) is 8.78 Å². The van der Waals surface area contributed by atoms with Gasteiger partial charge in [0.25, 0.3) is 5.91 Å². The Morgan fingerprint density at radius 2 is 1.69 bits per heavy atom. The van der Waals surface area contributed by atoms with Gasteiger partial charge in [-0.2, -0.15) is 8.78 Å². The van der Waals surface area contributed by atoms with Crippen molar-refractivity contribution < 1.29 is 23.1 Å². The van der Waals surface area contributed by atoms with Crippen LogP contribution in [0.25, 0.3) is 0 Å². The van der Waals surface area contributed by atoms with E-state index in [4.69, 9.17) is 0 Å². The number of alkyl halides is 2. The number of ether oxygens (including phenoxy) is 1. The maximum absolute atomic E-state index is 12.5. The van der Waals surface area contributed by atoms with Crippen molar-refractivity contribution in [3.05, 3.63) is 29.8 Å². The maximum atomic E-state index is 12.5. The highest BCUT2D eigenvalue weighted by Crippen LogP contribution is 2.61. The molecule has 2 N–H and O–H groups in total. The summed E-state index contributed by atoms with van der Waals surface area (Å²) >= 11 is 0. The molecule has 4 aliphatic carbocycles. The molecular formula is C22H28F2N2O3. The van der Waals surface area contributed by atoms with Crippen LogP contribution in [0.1, 0.15) is 55.8 Å². The van der Waals surface area contributed by atoms with Crippen LogP contribution in [-0.2, 0) is 4.79 Å². The highest BCUT2D eigenvalue weighted by molar-refractivity contribution is 5.98. The van der Waals surface area contributed by atoms with Crippen LogP contribution in [0.15, 0.2) is 24.3 Å². The highest BCUT2D eigenvalue weighted by Gasteiger charge is 2.53. The van der Waals surface area contributed by atoms with Gasteiger partial charge in [0.2, 0.25) is 5.91 Å². The van der Waals surface area contributed by atoms with Crippen LogP contribution in [-0.4, -0.2) is 31.0 Å². The number of nitrogens with one attached hydrogen (secondary N) is 2. The highest BCUT2D eigenvalue weighted by atomic mass is 19.3. The fourth-order valence-electron chi connectivity index (χ4n) is 6.26. The molecule has 5 rings (SSSR count). The third-order valence-electron chi connectivity index (χ3n) is 7.14. The maximum Gasteiger partial charge on any atom is 0.387 e. The van der Waals surface area contributed by atoms with Gasteiger partial charge < -0.3 is 15.4 Å². The van der Waals surface area contributed by atoms with E-state index in [2.05, 4.69) is 22.3 Å². The predicted molar refractivity (Wildman–Crippen MR) is 104 cm³/mol. The van der Waals surface area contributed by atoms with E-state index in [0.717, 1.165) is 17.8 Å². The summed E-state index contributed by atoms with van der Waals surface area (Å²) in [6, 6.07) is 5.82. The van der Waals surface area contributed by atoms with Crippen LogP contribution in [0.2, 0.25) is 0 Å². The zero-order valence-corrected chi connectivity index (χ0v) is 16.6. The molecule has 4 fully saturated rings. The van der Waals surface area contributed by atoms with Crippen LogP contribution in [0.3, 0.4) is 0 Å². The molecule has 0 saturated heterocycles. The number of hydrogen-bond acceptors (Lipinski definition) is 3. The average Bonchev–Trinajstić information content (AvgIpc) is 2.65. The number of benzene rings is 1. The van der Waals surface area contributed by atoms with E-state index in [-0.39, 0.29) is 35.2 Å². The summed E-state index contributed by atoms with van der Waals surface area (Å²) in [5, 5.41) is 5.60. The quantitative estimate of drug-likeness (QED) is 0.725. The summed E-state index contributed by atoms with van der Waals surface area (Å²) in [5.74, 6) is 1.32. The van der Waals surface area contributed by atoms with Crippen LogP contribution < -0.4 is 15.4 Å². The topological polar surface area (TPSA) is 67.4 Å². The summed E-state index contributed by atoms with van der Waals surface area (Å²) in [6.07, 6.45) is 7.59. The van der Waals surface area contributed by atoms with Gasteiger partial charge in [0, 0.05) is 6.04 Å². The monoisotopic (exact) mass is 406 g/mol. The number of hydrogen-bond donors (Lipinski definition) is 2. The molecule has 7 heteroatoms. The lowest BCUT2D eigenvalue weighted by Gasteiger charge is -2.59. The van der Waals surface area contributed by atoms with Crippen molar-refractivity contribution in [2.24, 2.45) is 23.2 Å². The lowest BCUT2D eigenvalue weighted by molar-refractivity contribution is -0.124. The molecule has 29 heavy (non-hydrogen) atoms. The van der Waals surface area contributed by atoms with Gasteiger partial charge in [-0.3, -0.25) is 9.59 Å². The van der Waals surface area contributed by atoms with E-state index >= 15 is 0 Å². The van der Waals surface area contributed by atoms with Gasteiger partial charge >= 0.3 is 6.61 Å². The molecule has 1 aromatic rings. The Kier molecular flexibility index (Phi) is 5.49. The zero-order valence-electron chi connectivity index (χ0n) is 16.6. The SMILES string of the molecule is C[C@H](NC(=O)CNC(=O)c1ccccc1OC(F)F)C12CC3CC(CC(C3)C1)C2. The van der Waals surface area contributed by atoms with Crippen LogP contribution in [0, 0.1) is 23.2 Å². The van der Waals surface area contributed by atoms with E-state index in [1.807, 2.05) is 0 Å². The van der Waals surface area contributed by atoms with Gasteiger partial charge in [0.05, 0.1) is 12.1 Å². The number of halogens is 2. The predicted octanol–water partition coefficient (Wildman–Crippen LogP) is 3.74. The van der Waals surface area contributed by atoms with E-state index in [9.17, 15) is 18.4 Å². The fraction of sp³-hybridized carbons (Fsp3) is 0.636. The molecule has 0 aromatic heterocycles. The first-order chi connectivity index (χ1) is 13.8. The Balaban J connectivity index is 1.32. The molecule has 0 unspecified atom stereocenters. The summed E-state index contributed by atoms with van der Waals surface area (Å²) in [7, 11) is 0. The summed E-state index contributed by atoms with van der Waals surface area (Å²) in [6.45, 7) is -1.13. The van der Waals surface area contributed by atoms with E-state index < -0.39 is 12.5 Å². The molecule has 2 amide bonds. The molecule has 4 aliphatic rings. The molecule has 0 heterocycles. The molecule has 0 radical (unpaired) electrons. The molecule has 1 atom stereocenters. The van der Waals surface area contributed by atoms with Crippen LogP contribution in [0.5, 0.6) is 5.75 Å². The third-order valence-corrected chi connectivity index (χ3v) is 7.14. The second kappa shape index (κ2) is 7.92. The molecule has 0 aliphatic heterocycles. The Hall–Kier alpha value is -2.18. The number of rotatable bonds is 7. The molecule has 4 bridgehead atoms. The Morgan fingerprint density at radius 3 is 2.28 bits per heavy atom. The lowest BCUT2D eigenvalue weighted by atomic mass is 9.48. The third kappa shape index (κ3) is 4.23. The summed E-state index contributed by atoms with van der Waals surface area (Å²) < 4.78 is 29.4.